The Morgan fingerprint density at radius 1 is 1.05 bits per heavy atom. The second kappa shape index (κ2) is 4.57. The van der Waals surface area contributed by atoms with E-state index in [1.165, 1.54) is 23.5 Å². The Kier molecular flexibility index (Phi) is 2.87. The average molecular weight is 289 g/mol. The molecule has 0 unspecified atom stereocenters. The summed E-state index contributed by atoms with van der Waals surface area (Å²) in [6.45, 7) is 0. The molecule has 0 saturated heterocycles. The zero-order valence-corrected chi connectivity index (χ0v) is 10.9. The molecule has 4 nitrogen and oxygen atoms in total. The molecule has 1 aliphatic rings. The molecule has 2 aromatic rings. The summed E-state index contributed by atoms with van der Waals surface area (Å²) in [5.74, 6) is -2.46. The fourth-order valence-electron chi connectivity index (χ4n) is 1.99. The van der Waals surface area contributed by atoms with Crippen LogP contribution < -0.4 is 4.90 Å². The van der Waals surface area contributed by atoms with Crippen molar-refractivity contribution in [2.45, 2.75) is 0 Å². The maximum absolute atomic E-state index is 12.9. The summed E-state index contributed by atoms with van der Waals surface area (Å²) in [4.78, 5) is 25.7. The molecule has 100 valence electrons. The minimum Gasteiger partial charge on any atom is -0.502 e. The van der Waals surface area contributed by atoms with Crippen molar-refractivity contribution >= 4 is 34.4 Å². The number of hydrogen-bond acceptors (Lipinski definition) is 4. The molecule has 1 N–H and O–H groups in total. The van der Waals surface area contributed by atoms with Crippen molar-refractivity contribution in [1.29, 1.82) is 0 Å². The van der Waals surface area contributed by atoms with E-state index in [2.05, 4.69) is 0 Å². The molecule has 0 spiro atoms. The lowest BCUT2D eigenvalue weighted by atomic mass is 10.2. The van der Waals surface area contributed by atoms with Crippen LogP contribution in [0.25, 0.3) is 5.57 Å². The van der Waals surface area contributed by atoms with Crippen LogP contribution in [0.5, 0.6) is 0 Å². The topological polar surface area (TPSA) is 57.6 Å². The normalized spacial score (nSPS) is 15.3. The zero-order valence-electron chi connectivity index (χ0n) is 10.0. The highest BCUT2D eigenvalue weighted by Gasteiger charge is 2.40. The maximum atomic E-state index is 12.9. The first-order valence-electron chi connectivity index (χ1n) is 5.71. The molecule has 0 aliphatic carbocycles. The van der Waals surface area contributed by atoms with Gasteiger partial charge >= 0.3 is 5.91 Å². The number of imide groups is 1. The van der Waals surface area contributed by atoms with E-state index in [1.54, 1.807) is 17.5 Å². The standard InChI is InChI=1S/C14H8FNO3S/c15-8-3-5-9(6-4-8)16-13(18)11(12(17)14(16)19)10-2-1-7-20-10/h1-7,17H. The van der Waals surface area contributed by atoms with Gasteiger partial charge in [-0.05, 0) is 35.7 Å². The third-order valence-electron chi connectivity index (χ3n) is 2.91. The number of nitrogens with zero attached hydrogens (tertiary/aromatic N) is 1. The number of benzene rings is 1. The van der Waals surface area contributed by atoms with E-state index in [4.69, 9.17) is 0 Å². The quantitative estimate of drug-likeness (QED) is 0.865. The number of aliphatic hydroxyl groups is 1. The minimum absolute atomic E-state index is 0.0191. The van der Waals surface area contributed by atoms with Gasteiger partial charge in [-0.3, -0.25) is 9.59 Å². The molecule has 1 aliphatic heterocycles. The van der Waals surface area contributed by atoms with Gasteiger partial charge in [-0.2, -0.15) is 0 Å². The molecule has 1 aromatic carbocycles. The van der Waals surface area contributed by atoms with E-state index < -0.39 is 23.4 Å². The van der Waals surface area contributed by atoms with Crippen molar-refractivity contribution in [3.05, 3.63) is 58.2 Å². The van der Waals surface area contributed by atoms with Crippen LogP contribution in [-0.4, -0.2) is 16.9 Å². The summed E-state index contributed by atoms with van der Waals surface area (Å²) in [6, 6.07) is 8.30. The van der Waals surface area contributed by atoms with Gasteiger partial charge in [0.05, 0.1) is 5.69 Å². The molecule has 0 fully saturated rings. The summed E-state index contributed by atoms with van der Waals surface area (Å²) >= 11 is 1.25. The molecule has 0 bridgehead atoms. The molecule has 6 heteroatoms. The van der Waals surface area contributed by atoms with E-state index in [9.17, 15) is 19.1 Å². The first-order valence-corrected chi connectivity index (χ1v) is 6.59. The van der Waals surface area contributed by atoms with Crippen molar-refractivity contribution in [3.8, 4) is 0 Å². The number of rotatable bonds is 2. The Bertz CT molecular complexity index is 719. The van der Waals surface area contributed by atoms with E-state index >= 15 is 0 Å². The molecule has 0 saturated carbocycles. The summed E-state index contributed by atoms with van der Waals surface area (Å²) in [7, 11) is 0. The Morgan fingerprint density at radius 2 is 1.75 bits per heavy atom. The van der Waals surface area contributed by atoms with Crippen molar-refractivity contribution < 1.29 is 19.1 Å². The van der Waals surface area contributed by atoms with Crippen LogP contribution in [0.15, 0.2) is 47.5 Å². The number of anilines is 1. The summed E-state index contributed by atoms with van der Waals surface area (Å²) < 4.78 is 12.9. The van der Waals surface area contributed by atoms with Gasteiger partial charge in [0.1, 0.15) is 11.4 Å². The van der Waals surface area contributed by atoms with Crippen LogP contribution in [0.2, 0.25) is 0 Å². The number of amides is 2. The predicted molar refractivity (Wildman–Crippen MR) is 72.8 cm³/mol. The SMILES string of the molecule is O=C1C(O)=C(c2cccs2)C(=O)N1c1ccc(F)cc1. The molecule has 0 radical (unpaired) electrons. The van der Waals surface area contributed by atoms with Crippen LogP contribution in [0, 0.1) is 5.82 Å². The van der Waals surface area contributed by atoms with Crippen LogP contribution in [0.1, 0.15) is 4.88 Å². The lowest BCUT2D eigenvalue weighted by molar-refractivity contribution is -0.121. The minimum atomic E-state index is -0.801. The Hall–Kier alpha value is -2.47. The van der Waals surface area contributed by atoms with E-state index in [1.807, 2.05) is 0 Å². The van der Waals surface area contributed by atoms with Gasteiger partial charge in [-0.25, -0.2) is 9.29 Å². The zero-order chi connectivity index (χ0) is 14.3. The number of thiophene rings is 1. The van der Waals surface area contributed by atoms with Crippen molar-refractivity contribution in [2.75, 3.05) is 4.90 Å². The molecule has 1 aromatic heterocycles. The molecular weight excluding hydrogens is 281 g/mol. The molecule has 3 rings (SSSR count). The van der Waals surface area contributed by atoms with Gasteiger partial charge in [0.15, 0.2) is 5.76 Å². The Morgan fingerprint density at radius 3 is 2.35 bits per heavy atom. The molecule has 20 heavy (non-hydrogen) atoms. The molecule has 2 heterocycles. The number of halogens is 1. The second-order valence-corrected chi connectivity index (χ2v) is 5.07. The van der Waals surface area contributed by atoms with Crippen LogP contribution in [0.4, 0.5) is 10.1 Å². The van der Waals surface area contributed by atoms with Crippen LogP contribution >= 0.6 is 11.3 Å². The van der Waals surface area contributed by atoms with Gasteiger partial charge in [-0.1, -0.05) is 6.07 Å². The van der Waals surface area contributed by atoms with Gasteiger partial charge in [-0.15, -0.1) is 11.3 Å². The first-order chi connectivity index (χ1) is 9.59. The lowest BCUT2D eigenvalue weighted by Gasteiger charge is -2.13. The molecule has 2 amide bonds. The smallest absolute Gasteiger partial charge is 0.301 e. The first kappa shape index (κ1) is 12.6. The highest BCUT2D eigenvalue weighted by atomic mass is 32.1. The van der Waals surface area contributed by atoms with Crippen molar-refractivity contribution in [2.24, 2.45) is 0 Å². The van der Waals surface area contributed by atoms with E-state index in [-0.39, 0.29) is 11.3 Å². The number of carbonyl (C=O) groups is 2. The summed E-state index contributed by atoms with van der Waals surface area (Å²) in [5.41, 5.74) is 0.203. The average Bonchev–Trinajstić information content (AvgIpc) is 3.01. The highest BCUT2D eigenvalue weighted by Crippen LogP contribution is 2.33. The maximum Gasteiger partial charge on any atom is 0.301 e. The number of aliphatic hydroxyl groups excluding tert-OH is 1. The van der Waals surface area contributed by atoms with Gasteiger partial charge in [0.2, 0.25) is 0 Å². The highest BCUT2D eigenvalue weighted by molar-refractivity contribution is 7.11. The second-order valence-electron chi connectivity index (χ2n) is 4.12. The molecule has 0 atom stereocenters. The van der Waals surface area contributed by atoms with Gasteiger partial charge in [0.25, 0.3) is 5.91 Å². The van der Waals surface area contributed by atoms with E-state index in [0.29, 0.717) is 4.88 Å². The fourth-order valence-corrected chi connectivity index (χ4v) is 2.75. The fraction of sp³-hybridized carbons (Fsp3) is 0. The third kappa shape index (κ3) is 1.81. The van der Waals surface area contributed by atoms with Crippen LogP contribution in [0.3, 0.4) is 0 Å². The van der Waals surface area contributed by atoms with Gasteiger partial charge < -0.3 is 5.11 Å². The summed E-state index contributed by atoms with van der Waals surface area (Å²) in [5, 5.41) is 11.6. The largest absolute Gasteiger partial charge is 0.502 e. The van der Waals surface area contributed by atoms with Crippen molar-refractivity contribution in [1.82, 2.24) is 0 Å². The Balaban J connectivity index is 2.04. The van der Waals surface area contributed by atoms with Crippen LogP contribution in [-0.2, 0) is 9.59 Å². The summed E-state index contributed by atoms with van der Waals surface area (Å²) in [6.07, 6.45) is 0. The third-order valence-corrected chi connectivity index (χ3v) is 3.80. The van der Waals surface area contributed by atoms with Crippen molar-refractivity contribution in [3.63, 3.8) is 0 Å². The predicted octanol–water partition coefficient (Wildman–Crippen LogP) is 2.73. The Labute approximate surface area is 117 Å². The number of carbonyl (C=O) groups excluding carboxylic acids is 2. The van der Waals surface area contributed by atoms with Gasteiger partial charge in [0, 0.05) is 4.88 Å². The lowest BCUT2D eigenvalue weighted by Crippen LogP contribution is -2.31. The van der Waals surface area contributed by atoms with E-state index in [0.717, 1.165) is 17.0 Å². The number of hydrogen-bond donors (Lipinski definition) is 1. The monoisotopic (exact) mass is 289 g/mol. The molecular formula is C14H8FNO3S.